The lowest BCUT2D eigenvalue weighted by Crippen LogP contribution is -2.30. The molecule has 0 aliphatic heterocycles. The van der Waals surface area contributed by atoms with Crippen molar-refractivity contribution in [3.63, 3.8) is 0 Å². The molecule has 0 fully saturated rings. The van der Waals surface area contributed by atoms with Crippen molar-refractivity contribution < 1.29 is 31.1 Å². The van der Waals surface area contributed by atoms with Crippen molar-refractivity contribution in [1.82, 2.24) is 10.4 Å². The predicted octanol–water partition coefficient (Wildman–Crippen LogP) is 8.49. The number of rotatable bonds is 13. The topological polar surface area (TPSA) is 123 Å². The SMILES string of the molecule is C#C.C=C/C=C(\C)[C@@H](C)c1cc(F)cc(C(F)(F)C(F)F)c1.C=CC(C)F.CN(N)/N=C(\N)CCCCCNC(N)=O.Cc1ccccc1. The first-order chi connectivity index (χ1) is 22.9. The van der Waals surface area contributed by atoms with Crippen LogP contribution in [0.4, 0.5) is 31.1 Å². The summed E-state index contributed by atoms with van der Waals surface area (Å²) in [4.78, 5) is 10.3. The Kier molecular flexibility index (Phi) is 28.1. The Morgan fingerprint density at radius 2 is 1.59 bits per heavy atom. The number of hydrazine groups is 1. The molecule has 274 valence electrons. The molecule has 7 nitrogen and oxygen atoms in total. The van der Waals surface area contributed by atoms with Gasteiger partial charge < -0.3 is 16.8 Å². The van der Waals surface area contributed by atoms with Crippen LogP contribution < -0.4 is 22.6 Å². The van der Waals surface area contributed by atoms with Crippen molar-refractivity contribution in [2.45, 2.75) is 77.8 Å². The van der Waals surface area contributed by atoms with Gasteiger partial charge in [0.25, 0.3) is 0 Å². The zero-order valence-electron chi connectivity index (χ0n) is 29.0. The second-order valence-electron chi connectivity index (χ2n) is 10.4. The molecule has 2 amide bonds. The van der Waals surface area contributed by atoms with E-state index in [9.17, 15) is 31.1 Å². The highest BCUT2D eigenvalue weighted by atomic mass is 19.3. The van der Waals surface area contributed by atoms with E-state index >= 15 is 0 Å². The summed E-state index contributed by atoms with van der Waals surface area (Å²) in [6, 6.07) is 12.2. The lowest BCUT2D eigenvalue weighted by Gasteiger charge is -2.19. The van der Waals surface area contributed by atoms with Crippen LogP contribution in [0.1, 0.15) is 69.1 Å². The van der Waals surface area contributed by atoms with E-state index in [1.807, 2.05) is 18.2 Å². The van der Waals surface area contributed by atoms with Crippen LogP contribution in [-0.2, 0) is 5.92 Å². The minimum Gasteiger partial charge on any atom is -0.386 e. The van der Waals surface area contributed by atoms with E-state index in [0.29, 0.717) is 24.9 Å². The first-order valence-electron chi connectivity index (χ1n) is 15.1. The number of carbonyl (C=O) groups excluding carboxylic acids is 1. The average molecular weight is 699 g/mol. The lowest BCUT2D eigenvalue weighted by molar-refractivity contribution is -0.135. The number of primary amides is 1. The maximum absolute atomic E-state index is 13.4. The lowest BCUT2D eigenvalue weighted by atomic mass is 9.91. The number of urea groups is 1. The van der Waals surface area contributed by atoms with E-state index in [1.54, 1.807) is 27.0 Å². The van der Waals surface area contributed by atoms with Crippen molar-refractivity contribution in [2.75, 3.05) is 13.6 Å². The van der Waals surface area contributed by atoms with Gasteiger partial charge in [0.2, 0.25) is 0 Å². The van der Waals surface area contributed by atoms with Gasteiger partial charge in [-0.15, -0.1) is 24.5 Å². The Morgan fingerprint density at radius 3 is 2.00 bits per heavy atom. The molecule has 0 aromatic heterocycles. The number of amidine groups is 1. The molecule has 0 heterocycles. The summed E-state index contributed by atoms with van der Waals surface area (Å²) < 4.78 is 76.0. The van der Waals surface area contributed by atoms with E-state index in [-0.39, 0.29) is 11.5 Å². The number of allylic oxidation sites excluding steroid dienone is 4. The molecule has 2 aromatic rings. The molecule has 1 unspecified atom stereocenters. The number of alkyl halides is 5. The summed E-state index contributed by atoms with van der Waals surface area (Å²) in [5.74, 6) is 0.0904. The molecule has 2 atom stereocenters. The molecule has 2 rings (SSSR count). The van der Waals surface area contributed by atoms with E-state index < -0.39 is 35.9 Å². The van der Waals surface area contributed by atoms with Crippen LogP contribution >= 0.6 is 0 Å². The van der Waals surface area contributed by atoms with Gasteiger partial charge in [0.1, 0.15) is 17.8 Å². The number of hydrazone groups is 1. The average Bonchev–Trinajstić information content (AvgIpc) is 3.03. The van der Waals surface area contributed by atoms with Crippen LogP contribution in [0.5, 0.6) is 0 Å². The number of unbranched alkanes of at least 4 members (excludes halogenated alkanes) is 2. The molecule has 0 bridgehead atoms. The molecule has 0 spiro atoms. The summed E-state index contributed by atoms with van der Waals surface area (Å²) in [5.41, 5.74) is 11.8. The zero-order chi connectivity index (χ0) is 38.6. The normalized spacial score (nSPS) is 12.1. The van der Waals surface area contributed by atoms with Crippen molar-refractivity contribution in [3.05, 3.63) is 108 Å². The van der Waals surface area contributed by atoms with E-state index in [0.717, 1.165) is 37.0 Å². The smallest absolute Gasteiger partial charge is 0.332 e. The molecule has 2 aromatic carbocycles. The Morgan fingerprint density at radius 1 is 1.04 bits per heavy atom. The summed E-state index contributed by atoms with van der Waals surface area (Å²) >= 11 is 0. The fourth-order valence-corrected chi connectivity index (χ4v) is 3.38. The van der Waals surface area contributed by atoms with E-state index in [2.05, 4.69) is 55.5 Å². The van der Waals surface area contributed by atoms with Crippen molar-refractivity contribution >= 4 is 11.9 Å². The van der Waals surface area contributed by atoms with Crippen molar-refractivity contribution in [2.24, 2.45) is 22.4 Å². The fraction of sp³-hybridized carbons (Fsp3) is 0.389. The van der Waals surface area contributed by atoms with Gasteiger partial charge in [-0.2, -0.15) is 8.78 Å². The van der Waals surface area contributed by atoms with Crippen LogP contribution in [0.25, 0.3) is 0 Å². The second-order valence-corrected chi connectivity index (χ2v) is 10.4. The summed E-state index contributed by atoms with van der Waals surface area (Å²) in [6.07, 6.45) is 11.2. The van der Waals surface area contributed by atoms with Crippen LogP contribution in [0, 0.1) is 25.6 Å². The van der Waals surface area contributed by atoms with Gasteiger partial charge >= 0.3 is 18.4 Å². The van der Waals surface area contributed by atoms with Gasteiger partial charge in [0.05, 0.1) is 0 Å². The quantitative estimate of drug-likeness (QED) is 0.0193. The number of aryl methyl sites for hydroxylation is 1. The number of amides is 2. The summed E-state index contributed by atoms with van der Waals surface area (Å²) in [7, 11) is 1.61. The van der Waals surface area contributed by atoms with Crippen molar-refractivity contribution in [3.8, 4) is 12.8 Å². The maximum Gasteiger partial charge on any atom is 0.332 e. The molecular formula is C36H52F6N6O. The monoisotopic (exact) mass is 698 g/mol. The molecule has 0 saturated carbocycles. The third-order valence-electron chi connectivity index (χ3n) is 6.10. The van der Waals surface area contributed by atoms with Crippen LogP contribution in [0.15, 0.2) is 90.6 Å². The first kappa shape index (κ1) is 48.7. The number of nitrogens with zero attached hydrogens (tertiary/aromatic N) is 2. The zero-order valence-corrected chi connectivity index (χ0v) is 29.0. The Balaban J connectivity index is -0.000000635. The number of nitrogens with one attached hydrogen (secondary N) is 1. The highest BCUT2D eigenvalue weighted by Gasteiger charge is 2.43. The molecule has 13 heteroatoms. The number of terminal acetylenes is 1. The number of nitrogens with two attached hydrogens (primary N) is 3. The van der Waals surface area contributed by atoms with E-state index in [1.165, 1.54) is 29.8 Å². The third-order valence-corrected chi connectivity index (χ3v) is 6.10. The van der Waals surface area contributed by atoms with Gasteiger partial charge in [-0.05, 0) is 57.4 Å². The molecule has 0 saturated heterocycles. The number of hydrogen-bond donors (Lipinski definition) is 4. The van der Waals surface area contributed by atoms with Gasteiger partial charge in [0, 0.05) is 31.5 Å². The van der Waals surface area contributed by atoms with Gasteiger partial charge in [-0.3, -0.25) is 0 Å². The number of hydrogen-bond acceptors (Lipinski definition) is 4. The highest BCUT2D eigenvalue weighted by Crippen LogP contribution is 2.37. The predicted molar refractivity (Wildman–Crippen MR) is 190 cm³/mol. The molecule has 49 heavy (non-hydrogen) atoms. The van der Waals surface area contributed by atoms with Crippen LogP contribution in [-0.4, -0.2) is 43.2 Å². The molecule has 0 aliphatic carbocycles. The van der Waals surface area contributed by atoms with Gasteiger partial charge in [-0.25, -0.2) is 33.3 Å². The summed E-state index contributed by atoms with van der Waals surface area (Å²) in [5, 5.41) is 7.54. The fourth-order valence-electron chi connectivity index (χ4n) is 3.38. The minimum absolute atomic E-state index is 0.218. The Hall–Kier alpha value is -4.70. The second kappa shape index (κ2) is 28.3. The standard InChI is InChI=1S/C15H15F5.C8H20N6O.C7H8.C4H7F.C2H2/c1-4-5-9(2)10(3)11-6-12(8-13(16)7-11)15(19,20)14(17)18;1-14(11)13-7(9)5-3-2-4-6-12-8(10)15;1-7-5-3-2-4-6-7;1-3-4(2)5;1-2/h4-8,10,14H,1H2,2-3H3;2-6,11H2,1H3,(H2,9,13)(H3,10,12,15);2-6H,1H3;3-4H,1H2,2H3;1-2H/b9-5+;;;;/t10-;;;;/m1..../s1. The van der Waals surface area contributed by atoms with Crippen LogP contribution in [0.3, 0.4) is 0 Å². The molecule has 0 radical (unpaired) electrons. The molecule has 7 N–H and O–H groups in total. The largest absolute Gasteiger partial charge is 0.386 e. The van der Waals surface area contributed by atoms with Gasteiger partial charge in [-0.1, -0.05) is 79.6 Å². The first-order valence-corrected chi connectivity index (χ1v) is 15.1. The van der Waals surface area contributed by atoms with Crippen molar-refractivity contribution in [1.29, 1.82) is 0 Å². The maximum atomic E-state index is 13.4. The minimum atomic E-state index is -4.37. The molecule has 0 aliphatic rings. The van der Waals surface area contributed by atoms with Gasteiger partial charge in [0.15, 0.2) is 0 Å². The van der Waals surface area contributed by atoms with Crippen LogP contribution in [0.2, 0.25) is 0 Å². The number of benzene rings is 2. The number of carbonyl (C=O) groups is 1. The highest BCUT2D eigenvalue weighted by molar-refractivity contribution is 5.79. The molecular weight excluding hydrogens is 646 g/mol. The van der Waals surface area contributed by atoms with E-state index in [4.69, 9.17) is 17.3 Å². The Labute approximate surface area is 288 Å². The number of halogens is 6. The third kappa shape index (κ3) is 26.0. The Bertz CT molecular complexity index is 1280. The summed E-state index contributed by atoms with van der Waals surface area (Å²) in [6.45, 7) is 14.2.